The highest BCUT2D eigenvalue weighted by atomic mass is 32.2. The SMILES string of the molecule is CNC(C)c1c(OC)cccc1N(C)CCS(C)(=O)=O. The van der Waals surface area contributed by atoms with Crippen LogP contribution in [-0.4, -0.2) is 48.2 Å². The minimum absolute atomic E-state index is 0.113. The van der Waals surface area contributed by atoms with Crippen LogP contribution < -0.4 is 15.0 Å². The number of nitrogens with one attached hydrogen (secondary N) is 1. The first-order chi connectivity index (χ1) is 9.30. The van der Waals surface area contributed by atoms with Crippen molar-refractivity contribution in [2.24, 2.45) is 0 Å². The lowest BCUT2D eigenvalue weighted by Crippen LogP contribution is -2.27. The average molecular weight is 300 g/mol. The highest BCUT2D eigenvalue weighted by molar-refractivity contribution is 7.90. The van der Waals surface area contributed by atoms with Crippen molar-refractivity contribution in [2.75, 3.05) is 44.7 Å². The first-order valence-electron chi connectivity index (χ1n) is 6.53. The number of rotatable bonds is 7. The second-order valence-corrected chi connectivity index (χ2v) is 7.21. The lowest BCUT2D eigenvalue weighted by Gasteiger charge is -2.26. The molecule has 0 saturated heterocycles. The number of hydrogen-bond donors (Lipinski definition) is 1. The van der Waals surface area contributed by atoms with Crippen LogP contribution in [0.15, 0.2) is 18.2 Å². The largest absolute Gasteiger partial charge is 0.496 e. The molecule has 0 heterocycles. The van der Waals surface area contributed by atoms with Gasteiger partial charge in [-0.15, -0.1) is 0 Å². The Morgan fingerprint density at radius 2 is 2.05 bits per heavy atom. The summed E-state index contributed by atoms with van der Waals surface area (Å²) < 4.78 is 28.0. The van der Waals surface area contributed by atoms with Crippen molar-refractivity contribution in [2.45, 2.75) is 13.0 Å². The molecular weight excluding hydrogens is 276 g/mol. The zero-order chi connectivity index (χ0) is 15.3. The second-order valence-electron chi connectivity index (χ2n) is 4.95. The van der Waals surface area contributed by atoms with Crippen LogP contribution in [0.3, 0.4) is 0 Å². The van der Waals surface area contributed by atoms with Crippen molar-refractivity contribution in [3.8, 4) is 5.75 Å². The maximum atomic E-state index is 11.3. The summed E-state index contributed by atoms with van der Waals surface area (Å²) >= 11 is 0. The Morgan fingerprint density at radius 3 is 2.55 bits per heavy atom. The second kappa shape index (κ2) is 6.95. The molecule has 0 aliphatic heterocycles. The van der Waals surface area contributed by atoms with Gasteiger partial charge in [-0.1, -0.05) is 6.07 Å². The number of nitrogens with zero attached hydrogens (tertiary/aromatic N) is 1. The normalized spacial score (nSPS) is 13.1. The standard InChI is InChI=1S/C14H24N2O3S/c1-11(15-2)14-12(7-6-8-13(14)19-4)16(3)9-10-20(5,17)18/h6-8,11,15H,9-10H2,1-5H3. The summed E-state index contributed by atoms with van der Waals surface area (Å²) in [7, 11) is 2.45. The summed E-state index contributed by atoms with van der Waals surface area (Å²) in [5.74, 6) is 0.934. The summed E-state index contributed by atoms with van der Waals surface area (Å²) in [6, 6.07) is 5.92. The third kappa shape index (κ3) is 4.38. The van der Waals surface area contributed by atoms with E-state index in [1.54, 1.807) is 7.11 Å². The minimum atomic E-state index is -2.97. The lowest BCUT2D eigenvalue weighted by atomic mass is 10.0. The van der Waals surface area contributed by atoms with Gasteiger partial charge in [0, 0.05) is 37.1 Å². The van der Waals surface area contributed by atoms with Crippen molar-refractivity contribution >= 4 is 15.5 Å². The maximum Gasteiger partial charge on any atom is 0.149 e. The molecule has 1 atom stereocenters. The number of ether oxygens (including phenoxy) is 1. The number of methoxy groups -OCH3 is 1. The summed E-state index contributed by atoms with van der Waals surface area (Å²) in [5.41, 5.74) is 2.02. The predicted molar refractivity (Wildman–Crippen MR) is 83.4 cm³/mol. The zero-order valence-electron chi connectivity index (χ0n) is 12.8. The van der Waals surface area contributed by atoms with E-state index in [0.29, 0.717) is 6.54 Å². The van der Waals surface area contributed by atoms with Crippen molar-refractivity contribution in [3.63, 3.8) is 0 Å². The predicted octanol–water partition coefficient (Wildman–Crippen LogP) is 1.46. The van der Waals surface area contributed by atoms with Crippen molar-refractivity contribution in [1.29, 1.82) is 0 Å². The molecule has 0 fully saturated rings. The molecule has 0 spiro atoms. The van der Waals surface area contributed by atoms with Gasteiger partial charge in [0.2, 0.25) is 0 Å². The van der Waals surface area contributed by atoms with Gasteiger partial charge in [-0.05, 0) is 26.1 Å². The Bertz CT molecular complexity index is 543. The van der Waals surface area contributed by atoms with Gasteiger partial charge in [-0.3, -0.25) is 0 Å². The smallest absolute Gasteiger partial charge is 0.149 e. The first kappa shape index (κ1) is 16.8. The van der Waals surface area contributed by atoms with Gasteiger partial charge in [0.15, 0.2) is 0 Å². The molecule has 0 aliphatic rings. The molecule has 1 aromatic rings. The number of benzene rings is 1. The lowest BCUT2D eigenvalue weighted by molar-refractivity contribution is 0.404. The average Bonchev–Trinajstić information content (AvgIpc) is 2.42. The third-order valence-electron chi connectivity index (χ3n) is 3.34. The molecule has 1 aromatic carbocycles. The van der Waals surface area contributed by atoms with Crippen molar-refractivity contribution < 1.29 is 13.2 Å². The molecule has 114 valence electrons. The molecule has 20 heavy (non-hydrogen) atoms. The Balaban J connectivity index is 3.10. The fourth-order valence-corrected chi connectivity index (χ4v) is 2.65. The molecule has 6 heteroatoms. The highest BCUT2D eigenvalue weighted by Gasteiger charge is 2.18. The molecule has 5 nitrogen and oxygen atoms in total. The molecule has 0 bridgehead atoms. The summed E-state index contributed by atoms with van der Waals surface area (Å²) in [5, 5.41) is 3.20. The topological polar surface area (TPSA) is 58.6 Å². The van der Waals surface area contributed by atoms with E-state index >= 15 is 0 Å². The Labute approximate surface area is 121 Å². The summed E-state index contributed by atoms with van der Waals surface area (Å²) in [6.07, 6.45) is 1.25. The monoisotopic (exact) mass is 300 g/mol. The summed E-state index contributed by atoms with van der Waals surface area (Å²) in [6.45, 7) is 2.50. The molecule has 0 amide bonds. The van der Waals surface area contributed by atoms with E-state index in [1.165, 1.54) is 6.26 Å². The van der Waals surface area contributed by atoms with Crippen LogP contribution in [0.2, 0.25) is 0 Å². The molecule has 0 radical (unpaired) electrons. The molecule has 1 rings (SSSR count). The van der Waals surface area contributed by atoms with Gasteiger partial charge in [-0.2, -0.15) is 0 Å². The third-order valence-corrected chi connectivity index (χ3v) is 4.26. The van der Waals surface area contributed by atoms with E-state index in [4.69, 9.17) is 4.74 Å². The zero-order valence-corrected chi connectivity index (χ0v) is 13.6. The van der Waals surface area contributed by atoms with Crippen LogP contribution in [0.5, 0.6) is 5.75 Å². The van der Waals surface area contributed by atoms with E-state index in [9.17, 15) is 8.42 Å². The highest BCUT2D eigenvalue weighted by Crippen LogP contribution is 2.33. The molecular formula is C14H24N2O3S. The van der Waals surface area contributed by atoms with E-state index in [2.05, 4.69) is 5.32 Å². The van der Waals surface area contributed by atoms with E-state index in [0.717, 1.165) is 17.0 Å². The number of anilines is 1. The fourth-order valence-electron chi connectivity index (χ4n) is 2.05. The number of sulfone groups is 1. The van der Waals surface area contributed by atoms with Crippen molar-refractivity contribution in [1.82, 2.24) is 5.32 Å². The maximum absolute atomic E-state index is 11.3. The van der Waals surface area contributed by atoms with Crippen molar-refractivity contribution in [3.05, 3.63) is 23.8 Å². The van der Waals surface area contributed by atoms with Gasteiger partial charge in [0.05, 0.1) is 12.9 Å². The fraction of sp³-hybridized carbons (Fsp3) is 0.571. The summed E-state index contributed by atoms with van der Waals surface area (Å²) in [4.78, 5) is 1.95. The minimum Gasteiger partial charge on any atom is -0.496 e. The van der Waals surface area contributed by atoms with Gasteiger partial charge in [-0.25, -0.2) is 8.42 Å². The number of hydrogen-bond acceptors (Lipinski definition) is 5. The first-order valence-corrected chi connectivity index (χ1v) is 8.59. The van der Waals surface area contributed by atoms with Crippen LogP contribution in [0, 0.1) is 0 Å². The van der Waals surface area contributed by atoms with Crippen LogP contribution in [0.4, 0.5) is 5.69 Å². The molecule has 1 unspecified atom stereocenters. The van der Waals surface area contributed by atoms with Crippen LogP contribution in [-0.2, 0) is 9.84 Å². The Morgan fingerprint density at radius 1 is 1.40 bits per heavy atom. The van der Waals surface area contributed by atoms with Crippen LogP contribution >= 0.6 is 0 Å². The Kier molecular flexibility index (Phi) is 5.83. The molecule has 0 saturated carbocycles. The Hall–Kier alpha value is -1.27. The van der Waals surface area contributed by atoms with E-state index in [-0.39, 0.29) is 11.8 Å². The quantitative estimate of drug-likeness (QED) is 0.826. The van der Waals surface area contributed by atoms with Gasteiger partial charge in [0.25, 0.3) is 0 Å². The molecule has 0 aromatic heterocycles. The molecule has 0 aliphatic carbocycles. The van der Waals surface area contributed by atoms with Gasteiger partial charge < -0.3 is 15.0 Å². The van der Waals surface area contributed by atoms with Crippen LogP contribution in [0.25, 0.3) is 0 Å². The van der Waals surface area contributed by atoms with Crippen LogP contribution in [0.1, 0.15) is 18.5 Å². The van der Waals surface area contributed by atoms with E-state index < -0.39 is 9.84 Å². The van der Waals surface area contributed by atoms with Gasteiger partial charge >= 0.3 is 0 Å². The molecule has 1 N–H and O–H groups in total. The van der Waals surface area contributed by atoms with E-state index in [1.807, 2.05) is 44.1 Å². The van der Waals surface area contributed by atoms with Gasteiger partial charge in [0.1, 0.15) is 15.6 Å².